The molecule has 0 bridgehead atoms. The predicted molar refractivity (Wildman–Crippen MR) is 34.2 cm³/mol. The van der Waals surface area contributed by atoms with Crippen molar-refractivity contribution in [3.63, 3.8) is 0 Å². The van der Waals surface area contributed by atoms with Crippen LogP contribution in [0, 0.1) is 17.2 Å². The fourth-order valence-electron chi connectivity index (χ4n) is 0.985. The van der Waals surface area contributed by atoms with Gasteiger partial charge in [-0.25, -0.2) is 0 Å². The maximum absolute atomic E-state index is 8.46. The van der Waals surface area contributed by atoms with Gasteiger partial charge in [0.05, 0.1) is 12.0 Å². The Balaban J connectivity index is 2.50. The number of hydrogen-bond donors (Lipinski definition) is 1. The zero-order valence-corrected chi connectivity index (χ0v) is 5.38. The summed E-state index contributed by atoms with van der Waals surface area (Å²) < 4.78 is 0. The molecule has 0 saturated carbocycles. The molecule has 1 rings (SSSR count). The molecular formula is C7H11N2+. The molecule has 2 unspecified atom stereocenters. The smallest absolute Gasteiger partial charge is 0.103 e. The molecule has 2 atom stereocenters. The second-order valence-corrected chi connectivity index (χ2v) is 2.46. The molecule has 1 aliphatic carbocycles. The van der Waals surface area contributed by atoms with Gasteiger partial charge in [0.1, 0.15) is 6.04 Å². The largest absolute Gasteiger partial charge is 0.352 e. The first-order valence-electron chi connectivity index (χ1n) is 3.24. The number of hydrogen-bond acceptors (Lipinski definition) is 1. The van der Waals surface area contributed by atoms with E-state index in [0.717, 1.165) is 12.8 Å². The Bertz CT molecular complexity index is 155. The average molecular weight is 123 g/mol. The third kappa shape index (κ3) is 1.55. The first-order valence-corrected chi connectivity index (χ1v) is 3.24. The summed E-state index contributed by atoms with van der Waals surface area (Å²) in [6.45, 7) is 0. The van der Waals surface area contributed by atoms with Crippen LogP contribution in [0.15, 0.2) is 12.2 Å². The third-order valence-electron chi connectivity index (χ3n) is 1.63. The number of nitriles is 1. The summed E-state index contributed by atoms with van der Waals surface area (Å²) in [6.07, 6.45) is 6.04. The van der Waals surface area contributed by atoms with Crippen molar-refractivity contribution >= 4 is 0 Å². The minimum Gasteiger partial charge on any atom is -0.352 e. The van der Waals surface area contributed by atoms with Gasteiger partial charge in [-0.2, -0.15) is 5.26 Å². The van der Waals surface area contributed by atoms with E-state index in [1.165, 1.54) is 0 Å². The number of allylic oxidation sites excluding steroid dienone is 1. The van der Waals surface area contributed by atoms with Gasteiger partial charge in [0, 0.05) is 6.42 Å². The van der Waals surface area contributed by atoms with E-state index in [0.29, 0.717) is 6.04 Å². The van der Waals surface area contributed by atoms with Gasteiger partial charge in [0.15, 0.2) is 0 Å². The van der Waals surface area contributed by atoms with E-state index >= 15 is 0 Å². The van der Waals surface area contributed by atoms with Gasteiger partial charge in [-0.1, -0.05) is 6.08 Å². The topological polar surface area (TPSA) is 51.4 Å². The van der Waals surface area contributed by atoms with Gasteiger partial charge < -0.3 is 5.73 Å². The molecule has 2 heteroatoms. The highest BCUT2D eigenvalue weighted by Crippen LogP contribution is 2.13. The van der Waals surface area contributed by atoms with Crippen molar-refractivity contribution in [3.8, 4) is 6.07 Å². The van der Waals surface area contributed by atoms with Crippen LogP contribution in [0.2, 0.25) is 0 Å². The van der Waals surface area contributed by atoms with Crippen LogP contribution in [0.5, 0.6) is 0 Å². The molecule has 1 aliphatic rings. The lowest BCUT2D eigenvalue weighted by Gasteiger charge is -2.10. The van der Waals surface area contributed by atoms with E-state index in [1.807, 2.05) is 12.2 Å². The minimum absolute atomic E-state index is 0.156. The Labute approximate surface area is 55.0 Å². The minimum atomic E-state index is 0.156. The molecule has 0 aromatic heterocycles. The van der Waals surface area contributed by atoms with Crippen molar-refractivity contribution in [1.29, 1.82) is 5.26 Å². The van der Waals surface area contributed by atoms with Crippen LogP contribution >= 0.6 is 0 Å². The van der Waals surface area contributed by atoms with Crippen LogP contribution in [0.4, 0.5) is 0 Å². The average Bonchev–Trinajstić information content (AvgIpc) is 1.90. The molecule has 2 nitrogen and oxygen atoms in total. The van der Waals surface area contributed by atoms with Crippen molar-refractivity contribution in [3.05, 3.63) is 12.2 Å². The van der Waals surface area contributed by atoms with E-state index in [1.54, 1.807) is 0 Å². The molecular weight excluding hydrogens is 112 g/mol. The lowest BCUT2D eigenvalue weighted by molar-refractivity contribution is -0.405. The van der Waals surface area contributed by atoms with E-state index in [4.69, 9.17) is 5.26 Å². The zero-order chi connectivity index (χ0) is 6.69. The van der Waals surface area contributed by atoms with Gasteiger partial charge in [0.2, 0.25) is 0 Å². The molecule has 0 aliphatic heterocycles. The number of nitrogens with zero attached hydrogens (tertiary/aromatic N) is 1. The normalized spacial score (nSPS) is 33.8. The predicted octanol–water partition coefficient (Wildman–Crippen LogP) is 0.0867. The van der Waals surface area contributed by atoms with Crippen molar-refractivity contribution in [2.24, 2.45) is 5.92 Å². The lowest BCUT2D eigenvalue weighted by atomic mass is 9.95. The summed E-state index contributed by atoms with van der Waals surface area (Å²) >= 11 is 0. The third-order valence-corrected chi connectivity index (χ3v) is 1.63. The van der Waals surface area contributed by atoms with Crippen LogP contribution in [0.3, 0.4) is 0 Å². The first-order chi connectivity index (χ1) is 4.33. The quantitative estimate of drug-likeness (QED) is 0.456. The lowest BCUT2D eigenvalue weighted by Crippen LogP contribution is -2.60. The van der Waals surface area contributed by atoms with E-state index in [2.05, 4.69) is 11.8 Å². The molecule has 0 heterocycles. The summed E-state index contributed by atoms with van der Waals surface area (Å²) in [5.74, 6) is 0.156. The number of quaternary nitrogens is 1. The van der Waals surface area contributed by atoms with Gasteiger partial charge in [-0.15, -0.1) is 0 Å². The first kappa shape index (κ1) is 6.31. The molecule has 0 saturated heterocycles. The summed E-state index contributed by atoms with van der Waals surface area (Å²) in [5.41, 5.74) is 3.87. The summed E-state index contributed by atoms with van der Waals surface area (Å²) in [6, 6.07) is 2.65. The SMILES string of the molecule is N#CC1C=CC([NH3+])CC1. The zero-order valence-electron chi connectivity index (χ0n) is 5.38. The van der Waals surface area contributed by atoms with Crippen molar-refractivity contribution in [2.45, 2.75) is 18.9 Å². The highest BCUT2D eigenvalue weighted by atomic mass is 14.6. The fourth-order valence-corrected chi connectivity index (χ4v) is 0.985. The van der Waals surface area contributed by atoms with E-state index in [9.17, 15) is 0 Å². The second-order valence-electron chi connectivity index (χ2n) is 2.46. The molecule has 0 fully saturated rings. The van der Waals surface area contributed by atoms with Gasteiger partial charge in [-0.05, 0) is 12.5 Å². The van der Waals surface area contributed by atoms with Crippen LogP contribution in [-0.2, 0) is 0 Å². The van der Waals surface area contributed by atoms with Crippen LogP contribution < -0.4 is 5.73 Å². The van der Waals surface area contributed by atoms with Crippen LogP contribution in [0.1, 0.15) is 12.8 Å². The fraction of sp³-hybridized carbons (Fsp3) is 0.571. The second kappa shape index (κ2) is 2.65. The molecule has 0 radical (unpaired) electrons. The van der Waals surface area contributed by atoms with Gasteiger partial charge in [0.25, 0.3) is 0 Å². The Hall–Kier alpha value is -0.810. The van der Waals surface area contributed by atoms with Gasteiger partial charge >= 0.3 is 0 Å². The van der Waals surface area contributed by atoms with Crippen LogP contribution in [-0.4, -0.2) is 6.04 Å². The highest BCUT2D eigenvalue weighted by molar-refractivity contribution is 5.05. The van der Waals surface area contributed by atoms with Crippen molar-refractivity contribution < 1.29 is 5.73 Å². The molecule has 9 heavy (non-hydrogen) atoms. The Morgan fingerprint density at radius 2 is 2.22 bits per heavy atom. The summed E-state index contributed by atoms with van der Waals surface area (Å²) in [4.78, 5) is 0. The molecule has 3 N–H and O–H groups in total. The maximum atomic E-state index is 8.46. The number of rotatable bonds is 0. The highest BCUT2D eigenvalue weighted by Gasteiger charge is 2.12. The van der Waals surface area contributed by atoms with Crippen molar-refractivity contribution in [2.75, 3.05) is 0 Å². The Kier molecular flexibility index (Phi) is 1.86. The molecule has 0 spiro atoms. The Morgan fingerprint density at radius 3 is 2.67 bits per heavy atom. The summed E-state index contributed by atoms with van der Waals surface area (Å²) in [5, 5.41) is 8.46. The summed E-state index contributed by atoms with van der Waals surface area (Å²) in [7, 11) is 0. The maximum Gasteiger partial charge on any atom is 0.103 e. The van der Waals surface area contributed by atoms with E-state index < -0.39 is 0 Å². The van der Waals surface area contributed by atoms with E-state index in [-0.39, 0.29) is 5.92 Å². The van der Waals surface area contributed by atoms with Gasteiger partial charge in [-0.3, -0.25) is 0 Å². The molecule has 0 amide bonds. The van der Waals surface area contributed by atoms with Crippen LogP contribution in [0.25, 0.3) is 0 Å². The van der Waals surface area contributed by atoms with Crippen molar-refractivity contribution in [1.82, 2.24) is 0 Å². The monoisotopic (exact) mass is 123 g/mol. The standard InChI is InChI=1S/C7H10N2/c8-5-6-1-3-7(9)4-2-6/h1,3,6-7H,2,4,9H2/p+1. The Morgan fingerprint density at radius 1 is 1.44 bits per heavy atom. The molecule has 0 aromatic carbocycles. The molecule has 0 aromatic rings. The molecule has 48 valence electrons.